The van der Waals surface area contributed by atoms with E-state index >= 15 is 0 Å². The Kier molecular flexibility index (Phi) is 6.93. The quantitative estimate of drug-likeness (QED) is 0.394. The molecule has 1 saturated carbocycles. The van der Waals surface area contributed by atoms with Crippen LogP contribution in [-0.2, 0) is 21.7 Å². The van der Waals surface area contributed by atoms with Gasteiger partial charge in [0, 0.05) is 24.4 Å². The van der Waals surface area contributed by atoms with Gasteiger partial charge in [0.2, 0.25) is 0 Å². The highest BCUT2D eigenvalue weighted by atomic mass is 19.1. The smallest absolute Gasteiger partial charge is 0.343 e. The van der Waals surface area contributed by atoms with Crippen LogP contribution in [0.25, 0.3) is 0 Å². The minimum Gasteiger partial charge on any atom is -0.458 e. The Morgan fingerprint density at radius 3 is 2.42 bits per heavy atom. The molecule has 1 aliphatic heterocycles. The van der Waals surface area contributed by atoms with Crippen LogP contribution in [0.3, 0.4) is 0 Å². The molecule has 0 amide bonds. The van der Waals surface area contributed by atoms with Crippen molar-refractivity contribution < 1.29 is 23.4 Å². The Balaban J connectivity index is 1.42. The highest BCUT2D eigenvalue weighted by Crippen LogP contribution is 2.42. The van der Waals surface area contributed by atoms with Crippen molar-refractivity contribution in [3.63, 3.8) is 0 Å². The normalized spacial score (nSPS) is 21.2. The minimum absolute atomic E-state index is 0.130. The van der Waals surface area contributed by atoms with Crippen molar-refractivity contribution in [3.8, 4) is 0 Å². The van der Waals surface area contributed by atoms with Gasteiger partial charge < -0.3 is 20.5 Å². The van der Waals surface area contributed by atoms with Crippen LogP contribution < -0.4 is 5.73 Å². The fourth-order valence-corrected chi connectivity index (χ4v) is 4.77. The zero-order valence-electron chi connectivity index (χ0n) is 18.4. The number of guanidine groups is 1. The molecule has 4 rings (SSSR count). The molecule has 1 unspecified atom stereocenters. The number of rotatable bonds is 6. The first-order valence-electron chi connectivity index (χ1n) is 11.4. The van der Waals surface area contributed by atoms with Gasteiger partial charge in [0.15, 0.2) is 11.6 Å². The second-order valence-electron chi connectivity index (χ2n) is 8.75. The Hall–Kier alpha value is -3.00. The molecule has 176 valence electrons. The molecule has 2 aromatic carbocycles. The second-order valence-corrected chi connectivity index (χ2v) is 8.75. The van der Waals surface area contributed by atoms with Gasteiger partial charge in [0.1, 0.15) is 17.7 Å². The second kappa shape index (κ2) is 9.87. The average molecular weight is 458 g/mol. The molecule has 0 aromatic heterocycles. The number of benzene rings is 2. The van der Waals surface area contributed by atoms with Crippen LogP contribution in [0, 0.1) is 17.6 Å². The van der Waals surface area contributed by atoms with E-state index in [1.807, 2.05) is 6.07 Å². The minimum atomic E-state index is -1.69. The Labute approximate surface area is 192 Å². The molecular weight excluding hydrogens is 428 g/mol. The fraction of sp³-hybridized carbons (Fsp3) is 0.440. The maximum absolute atomic E-state index is 13.8. The predicted octanol–water partition coefficient (Wildman–Crippen LogP) is 3.48. The number of carbonyl (C=O) groups excluding carboxylic acids is 1. The number of aliphatic imine (C=N–C) groups is 1. The molecule has 2 aromatic rings. The van der Waals surface area contributed by atoms with Crippen LogP contribution in [0.15, 0.2) is 53.5 Å². The van der Waals surface area contributed by atoms with E-state index in [0.29, 0.717) is 25.1 Å². The van der Waals surface area contributed by atoms with E-state index in [9.17, 15) is 18.7 Å². The molecule has 33 heavy (non-hydrogen) atoms. The monoisotopic (exact) mass is 457 g/mol. The third-order valence-corrected chi connectivity index (χ3v) is 6.67. The molecule has 6 nitrogen and oxygen atoms in total. The van der Waals surface area contributed by atoms with Crippen LogP contribution in [0.5, 0.6) is 0 Å². The van der Waals surface area contributed by atoms with E-state index in [1.54, 1.807) is 29.2 Å². The predicted molar refractivity (Wildman–Crippen MR) is 120 cm³/mol. The SMILES string of the molecule is NC(=NCc1c(F)cccc1F)N1CCC(OC(=O)[C@](O)(c2ccccc2)C2CCCC2)C1. The Morgan fingerprint density at radius 2 is 1.76 bits per heavy atom. The van der Waals surface area contributed by atoms with Gasteiger partial charge in [-0.25, -0.2) is 18.6 Å². The number of ether oxygens (including phenoxy) is 1. The number of carbonyl (C=O) groups is 1. The van der Waals surface area contributed by atoms with Crippen LogP contribution >= 0.6 is 0 Å². The Bertz CT molecular complexity index is 991. The number of halogens is 2. The molecule has 0 bridgehead atoms. The van der Waals surface area contributed by atoms with Crippen LogP contribution in [0.4, 0.5) is 8.78 Å². The molecule has 2 atom stereocenters. The van der Waals surface area contributed by atoms with Crippen LogP contribution in [0.2, 0.25) is 0 Å². The van der Waals surface area contributed by atoms with Gasteiger partial charge in [-0.2, -0.15) is 0 Å². The highest BCUT2D eigenvalue weighted by molar-refractivity contribution is 5.82. The summed E-state index contributed by atoms with van der Waals surface area (Å²) in [5.41, 5.74) is 4.75. The van der Waals surface area contributed by atoms with E-state index in [4.69, 9.17) is 10.5 Å². The fourth-order valence-electron chi connectivity index (χ4n) is 4.77. The first kappa shape index (κ1) is 23.2. The molecule has 2 aliphatic rings. The molecule has 8 heteroatoms. The average Bonchev–Trinajstić information content (AvgIpc) is 3.51. The number of aliphatic hydroxyl groups is 1. The first-order chi connectivity index (χ1) is 15.9. The van der Waals surface area contributed by atoms with Crippen molar-refractivity contribution in [1.82, 2.24) is 4.90 Å². The van der Waals surface area contributed by atoms with Crippen molar-refractivity contribution in [1.29, 1.82) is 0 Å². The third kappa shape index (κ3) is 4.85. The topological polar surface area (TPSA) is 88.1 Å². The largest absolute Gasteiger partial charge is 0.458 e. The van der Waals surface area contributed by atoms with Crippen molar-refractivity contribution in [2.24, 2.45) is 16.6 Å². The van der Waals surface area contributed by atoms with Crippen molar-refractivity contribution in [2.45, 2.75) is 50.4 Å². The molecule has 0 spiro atoms. The number of esters is 1. The van der Waals surface area contributed by atoms with E-state index in [0.717, 1.165) is 25.7 Å². The summed E-state index contributed by atoms with van der Waals surface area (Å²) in [5, 5.41) is 11.5. The summed E-state index contributed by atoms with van der Waals surface area (Å²) >= 11 is 0. The summed E-state index contributed by atoms with van der Waals surface area (Å²) < 4.78 is 33.4. The van der Waals surface area contributed by atoms with Gasteiger partial charge in [-0.3, -0.25) is 0 Å². The maximum Gasteiger partial charge on any atom is 0.343 e. The first-order valence-corrected chi connectivity index (χ1v) is 11.4. The maximum atomic E-state index is 13.8. The van der Waals surface area contributed by atoms with Gasteiger partial charge >= 0.3 is 5.97 Å². The lowest BCUT2D eigenvalue weighted by Gasteiger charge is -2.33. The molecule has 1 aliphatic carbocycles. The van der Waals surface area contributed by atoms with E-state index in [1.165, 1.54) is 18.2 Å². The molecular formula is C25H29F2N3O3. The highest BCUT2D eigenvalue weighted by Gasteiger charge is 2.48. The number of nitrogens with zero attached hydrogens (tertiary/aromatic N) is 2. The molecule has 0 radical (unpaired) electrons. The van der Waals surface area contributed by atoms with Crippen molar-refractivity contribution >= 4 is 11.9 Å². The summed E-state index contributed by atoms with van der Waals surface area (Å²) in [6.07, 6.45) is 3.53. The summed E-state index contributed by atoms with van der Waals surface area (Å²) in [7, 11) is 0. The van der Waals surface area contributed by atoms with Crippen LogP contribution in [-0.4, -0.2) is 41.1 Å². The Morgan fingerprint density at radius 1 is 1.09 bits per heavy atom. The number of likely N-dealkylation sites (tertiary alicyclic amines) is 1. The molecule has 1 saturated heterocycles. The number of nitrogens with two attached hydrogens (primary N) is 1. The van der Waals surface area contributed by atoms with Crippen LogP contribution in [0.1, 0.15) is 43.2 Å². The van der Waals surface area contributed by atoms with E-state index in [-0.39, 0.29) is 24.0 Å². The third-order valence-electron chi connectivity index (χ3n) is 6.67. The van der Waals surface area contributed by atoms with Gasteiger partial charge in [-0.05, 0) is 30.5 Å². The van der Waals surface area contributed by atoms with Gasteiger partial charge in [-0.15, -0.1) is 0 Å². The van der Waals surface area contributed by atoms with E-state index in [2.05, 4.69) is 4.99 Å². The number of hydrogen-bond acceptors (Lipinski definition) is 4. The number of hydrogen-bond donors (Lipinski definition) is 2. The lowest BCUT2D eigenvalue weighted by Crippen LogP contribution is -2.45. The van der Waals surface area contributed by atoms with Gasteiger partial charge in [0.25, 0.3) is 0 Å². The zero-order chi connectivity index (χ0) is 23.4. The van der Waals surface area contributed by atoms with Gasteiger partial charge in [0.05, 0.1) is 13.1 Å². The van der Waals surface area contributed by atoms with Crippen molar-refractivity contribution in [2.75, 3.05) is 13.1 Å². The lowest BCUT2D eigenvalue weighted by molar-refractivity contribution is -0.178. The molecule has 3 N–H and O–H groups in total. The molecule has 2 fully saturated rings. The summed E-state index contributed by atoms with van der Waals surface area (Å²) in [6, 6.07) is 12.6. The summed E-state index contributed by atoms with van der Waals surface area (Å²) in [4.78, 5) is 19.1. The summed E-state index contributed by atoms with van der Waals surface area (Å²) in [5.74, 6) is -2.05. The zero-order valence-corrected chi connectivity index (χ0v) is 18.4. The van der Waals surface area contributed by atoms with E-state index < -0.39 is 29.3 Å². The van der Waals surface area contributed by atoms with Crippen molar-refractivity contribution in [3.05, 3.63) is 71.3 Å². The van der Waals surface area contributed by atoms with Gasteiger partial charge in [-0.1, -0.05) is 49.2 Å². The molecule has 1 heterocycles. The standard InChI is InChI=1S/C25H29F2N3O3/c26-21-11-6-12-22(27)20(21)15-29-24(28)30-14-13-19(16-30)33-23(31)25(32,18-9-4-5-10-18)17-7-2-1-3-8-17/h1-3,6-8,11-12,18-19,32H,4-5,9-10,13-16H2,(H2,28,29)/t19?,25-/m0/s1. The summed E-state index contributed by atoms with van der Waals surface area (Å²) in [6.45, 7) is 0.567. The lowest BCUT2D eigenvalue weighted by atomic mass is 9.80.